The van der Waals surface area contributed by atoms with Gasteiger partial charge in [0.2, 0.25) is 0 Å². The van der Waals surface area contributed by atoms with Crippen molar-refractivity contribution in [2.45, 2.75) is 31.8 Å². The molecule has 4 N–H and O–H groups in total. The average Bonchev–Trinajstić information content (AvgIpc) is 2.99. The van der Waals surface area contributed by atoms with E-state index in [4.69, 9.17) is 14.8 Å². The van der Waals surface area contributed by atoms with Crippen molar-refractivity contribution in [1.82, 2.24) is 20.6 Å². The van der Waals surface area contributed by atoms with E-state index in [-0.39, 0.29) is 18.6 Å². The van der Waals surface area contributed by atoms with E-state index in [1.165, 1.54) is 0 Å². The second-order valence-electron chi connectivity index (χ2n) is 10.4. The van der Waals surface area contributed by atoms with E-state index in [0.717, 1.165) is 48.0 Å². The average molecular weight is 534 g/mol. The van der Waals surface area contributed by atoms with Gasteiger partial charge in [0.05, 0.1) is 36.1 Å². The molecule has 3 heterocycles. The zero-order valence-corrected chi connectivity index (χ0v) is 21.9. The molecule has 10 heteroatoms. The Morgan fingerprint density at radius 3 is 2.46 bits per heavy atom. The summed E-state index contributed by atoms with van der Waals surface area (Å²) in [5, 5.41) is 24.7. The van der Waals surface area contributed by atoms with E-state index in [2.05, 4.69) is 20.5 Å². The summed E-state index contributed by atoms with van der Waals surface area (Å²) in [6.07, 6.45) is 4.42. The summed E-state index contributed by atoms with van der Waals surface area (Å²) < 4.78 is 5.54. The van der Waals surface area contributed by atoms with Gasteiger partial charge in [0.25, 0.3) is 5.91 Å². The first-order valence-corrected chi connectivity index (χ1v) is 13.6. The van der Waals surface area contributed by atoms with Gasteiger partial charge in [0.1, 0.15) is 5.82 Å². The Bertz CT molecular complexity index is 1290. The third-order valence-corrected chi connectivity index (χ3v) is 7.73. The highest BCUT2D eigenvalue weighted by Crippen LogP contribution is 2.29. The predicted molar refractivity (Wildman–Crippen MR) is 148 cm³/mol. The van der Waals surface area contributed by atoms with E-state index < -0.39 is 6.09 Å². The number of hydrogen-bond acceptors (Lipinski definition) is 7. The summed E-state index contributed by atoms with van der Waals surface area (Å²) in [6.45, 7) is 2.90. The molecule has 1 aromatic carbocycles. The molecule has 2 aliphatic rings. The molecular weight excluding hydrogens is 498 g/mol. The number of ether oxygens (including phenoxy) is 1. The minimum absolute atomic E-state index is 0.0219. The van der Waals surface area contributed by atoms with Crippen molar-refractivity contribution in [3.8, 4) is 11.3 Å². The van der Waals surface area contributed by atoms with Gasteiger partial charge in [-0.25, -0.2) is 14.8 Å². The molecule has 1 saturated carbocycles. The highest BCUT2D eigenvalue weighted by Gasteiger charge is 2.23. The number of nitrogens with one attached hydrogen (secondary N) is 2. The Labute approximate surface area is 227 Å². The van der Waals surface area contributed by atoms with Crippen LogP contribution in [0.1, 0.15) is 36.0 Å². The Morgan fingerprint density at radius 2 is 1.77 bits per heavy atom. The van der Waals surface area contributed by atoms with Crippen molar-refractivity contribution in [2.75, 3.05) is 44.3 Å². The van der Waals surface area contributed by atoms with E-state index in [1.54, 1.807) is 6.20 Å². The molecule has 2 fully saturated rings. The van der Waals surface area contributed by atoms with E-state index in [1.807, 2.05) is 42.5 Å². The van der Waals surface area contributed by atoms with Crippen LogP contribution in [-0.4, -0.2) is 77.7 Å². The zero-order valence-electron chi connectivity index (χ0n) is 21.9. The Kier molecular flexibility index (Phi) is 8.53. The number of anilines is 1. The standard InChI is InChI=1S/C29H35N5O5/c35-18-22-17-34(11-12-39-22)27-10-9-21(16-30-27)26-13-24(23-3-1-2-4-25(23)33-26)28(36)31-14-19-5-7-20(8-6-19)15-32-29(37)38/h1-4,9-10,13,16,19-20,22,32,35H,5-8,11-12,14-15,17-18H2,(H,31,36)(H,37,38)/t19-,20-,22?. The summed E-state index contributed by atoms with van der Waals surface area (Å²) in [4.78, 5) is 35.7. The van der Waals surface area contributed by atoms with Gasteiger partial charge >= 0.3 is 6.09 Å². The molecule has 2 aromatic heterocycles. The second kappa shape index (κ2) is 12.4. The largest absolute Gasteiger partial charge is 0.465 e. The zero-order chi connectivity index (χ0) is 27.2. The third kappa shape index (κ3) is 6.63. The SMILES string of the molecule is O=C(O)NC[C@H]1CC[C@H](CNC(=O)c2cc(-c3ccc(N4CCOC(CO)C4)nc3)nc3ccccc23)CC1. The van der Waals surface area contributed by atoms with Crippen LogP contribution in [0.4, 0.5) is 10.6 Å². The lowest BCUT2D eigenvalue weighted by Crippen LogP contribution is -2.44. The maximum Gasteiger partial charge on any atom is 0.404 e. The minimum atomic E-state index is -0.978. The topological polar surface area (TPSA) is 137 Å². The van der Waals surface area contributed by atoms with Crippen LogP contribution < -0.4 is 15.5 Å². The monoisotopic (exact) mass is 533 g/mol. The molecular formula is C29H35N5O5. The van der Waals surface area contributed by atoms with E-state index in [0.29, 0.717) is 55.9 Å². The first-order chi connectivity index (χ1) is 19.0. The highest BCUT2D eigenvalue weighted by molar-refractivity contribution is 6.07. The van der Waals surface area contributed by atoms with E-state index >= 15 is 0 Å². The maximum atomic E-state index is 13.4. The van der Waals surface area contributed by atoms with Gasteiger partial charge in [-0.2, -0.15) is 0 Å². The number of carbonyl (C=O) groups excluding carboxylic acids is 1. The van der Waals surface area contributed by atoms with Crippen LogP contribution in [-0.2, 0) is 4.74 Å². The van der Waals surface area contributed by atoms with Crippen molar-refractivity contribution in [3.63, 3.8) is 0 Å². The lowest BCUT2D eigenvalue weighted by atomic mass is 9.82. The highest BCUT2D eigenvalue weighted by atomic mass is 16.5. The fourth-order valence-electron chi connectivity index (χ4n) is 5.48. The quantitative estimate of drug-likeness (QED) is 0.346. The molecule has 206 valence electrons. The maximum absolute atomic E-state index is 13.4. The number of benzene rings is 1. The second-order valence-corrected chi connectivity index (χ2v) is 10.4. The number of para-hydroxylation sites is 1. The fourth-order valence-corrected chi connectivity index (χ4v) is 5.48. The fraction of sp³-hybridized carbons (Fsp3) is 0.448. The van der Waals surface area contributed by atoms with Crippen molar-refractivity contribution in [3.05, 3.63) is 54.2 Å². The van der Waals surface area contributed by atoms with Gasteiger partial charge in [0.15, 0.2) is 0 Å². The molecule has 39 heavy (non-hydrogen) atoms. The van der Waals surface area contributed by atoms with Gasteiger partial charge in [-0.1, -0.05) is 18.2 Å². The molecule has 0 bridgehead atoms. The molecule has 1 atom stereocenters. The molecule has 1 saturated heterocycles. The number of rotatable bonds is 8. The molecule has 0 radical (unpaired) electrons. The first-order valence-electron chi connectivity index (χ1n) is 13.6. The van der Waals surface area contributed by atoms with Gasteiger partial charge in [-0.05, 0) is 61.8 Å². The number of morpholine rings is 1. The summed E-state index contributed by atoms with van der Waals surface area (Å²) >= 11 is 0. The third-order valence-electron chi connectivity index (χ3n) is 7.73. The number of pyridine rings is 2. The van der Waals surface area contributed by atoms with Gasteiger partial charge in [-0.15, -0.1) is 0 Å². The van der Waals surface area contributed by atoms with Gasteiger partial charge in [-0.3, -0.25) is 4.79 Å². The van der Waals surface area contributed by atoms with Crippen LogP contribution in [0.3, 0.4) is 0 Å². The lowest BCUT2D eigenvalue weighted by Gasteiger charge is -2.32. The number of carboxylic acid groups (broad SMARTS) is 1. The Hall–Kier alpha value is -3.76. The number of aliphatic hydroxyl groups is 1. The lowest BCUT2D eigenvalue weighted by molar-refractivity contribution is 0.00336. The summed E-state index contributed by atoms with van der Waals surface area (Å²) in [7, 11) is 0. The Balaban J connectivity index is 1.27. The predicted octanol–water partition coefficient (Wildman–Crippen LogP) is 3.30. The summed E-state index contributed by atoms with van der Waals surface area (Å²) in [5.74, 6) is 1.43. The molecule has 1 unspecified atom stereocenters. The number of fused-ring (bicyclic) bond motifs is 1. The number of hydrogen-bond donors (Lipinski definition) is 4. The van der Waals surface area contributed by atoms with Crippen LogP contribution >= 0.6 is 0 Å². The van der Waals surface area contributed by atoms with Gasteiger partial charge < -0.3 is 30.5 Å². The molecule has 1 aliphatic heterocycles. The summed E-state index contributed by atoms with van der Waals surface area (Å²) in [5.41, 5.74) is 2.82. The van der Waals surface area contributed by atoms with Gasteiger partial charge in [0, 0.05) is 43.3 Å². The normalized spacial score (nSPS) is 21.5. The van der Waals surface area contributed by atoms with Crippen molar-refractivity contribution in [2.24, 2.45) is 11.8 Å². The first kappa shape index (κ1) is 26.8. The molecule has 0 spiro atoms. The van der Waals surface area contributed by atoms with Crippen LogP contribution in [0.5, 0.6) is 0 Å². The number of aliphatic hydroxyl groups excluding tert-OH is 1. The molecule has 2 amide bonds. The van der Waals surface area contributed by atoms with Crippen LogP contribution in [0.15, 0.2) is 48.7 Å². The smallest absolute Gasteiger partial charge is 0.404 e. The van der Waals surface area contributed by atoms with E-state index in [9.17, 15) is 14.7 Å². The number of aromatic nitrogens is 2. The molecule has 5 rings (SSSR count). The van der Waals surface area contributed by atoms with Crippen LogP contribution in [0.2, 0.25) is 0 Å². The van der Waals surface area contributed by atoms with Crippen molar-refractivity contribution in [1.29, 1.82) is 0 Å². The molecule has 1 aliphatic carbocycles. The van der Waals surface area contributed by atoms with Crippen molar-refractivity contribution >= 4 is 28.7 Å². The molecule has 10 nitrogen and oxygen atoms in total. The van der Waals surface area contributed by atoms with Crippen LogP contribution in [0.25, 0.3) is 22.2 Å². The molecule has 3 aromatic rings. The minimum Gasteiger partial charge on any atom is -0.465 e. The van der Waals surface area contributed by atoms with Crippen molar-refractivity contribution < 1.29 is 24.5 Å². The summed E-state index contributed by atoms with van der Waals surface area (Å²) in [6, 6.07) is 13.4. The Morgan fingerprint density at radius 1 is 1.03 bits per heavy atom. The number of carbonyl (C=O) groups is 2. The van der Waals surface area contributed by atoms with Crippen LogP contribution in [0, 0.1) is 11.8 Å². The number of nitrogens with zero attached hydrogens (tertiary/aromatic N) is 3. The number of amides is 2.